The molecule has 0 radical (unpaired) electrons. The number of aromatic nitrogens is 2. The van der Waals surface area contributed by atoms with Gasteiger partial charge >= 0.3 is 0 Å². The smallest absolute Gasteiger partial charge is 0.280 e. The summed E-state index contributed by atoms with van der Waals surface area (Å²) in [7, 11) is 1.61. The van der Waals surface area contributed by atoms with Gasteiger partial charge in [-0.05, 0) is 61.9 Å². The summed E-state index contributed by atoms with van der Waals surface area (Å²) in [5, 5.41) is 3.93. The monoisotopic (exact) mass is 431 g/mol. The van der Waals surface area contributed by atoms with Gasteiger partial charge in [-0.25, -0.2) is 4.68 Å². The first kappa shape index (κ1) is 20.7. The van der Waals surface area contributed by atoms with Crippen LogP contribution in [0.3, 0.4) is 0 Å². The number of aryl methyl sites for hydroxylation is 1. The molecule has 0 amide bonds. The van der Waals surface area contributed by atoms with E-state index in [1.165, 1.54) is 4.68 Å². The number of rotatable bonds is 5. The molecular weight excluding hydrogens is 410 g/mol. The van der Waals surface area contributed by atoms with Gasteiger partial charge in [-0.1, -0.05) is 41.9 Å². The molecule has 0 bridgehead atoms. The van der Waals surface area contributed by atoms with Crippen LogP contribution in [0.5, 0.6) is 5.75 Å². The van der Waals surface area contributed by atoms with Crippen molar-refractivity contribution in [2.45, 2.75) is 13.8 Å². The zero-order valence-corrected chi connectivity index (χ0v) is 18.3. The normalized spacial score (nSPS) is 11.5. The highest BCUT2D eigenvalue weighted by Gasteiger charge is 2.19. The van der Waals surface area contributed by atoms with Crippen LogP contribution >= 0.6 is 11.6 Å². The Morgan fingerprint density at radius 1 is 1.03 bits per heavy atom. The fourth-order valence-corrected chi connectivity index (χ4v) is 3.71. The van der Waals surface area contributed by atoms with Crippen LogP contribution in [0.15, 0.2) is 82.6 Å². The minimum Gasteiger partial charge on any atom is -0.497 e. The van der Waals surface area contributed by atoms with Gasteiger partial charge in [-0.3, -0.25) is 14.9 Å². The molecule has 0 saturated heterocycles. The zero-order chi connectivity index (χ0) is 22.0. The number of H-pyrrole nitrogens is 1. The quantitative estimate of drug-likeness (QED) is 0.397. The van der Waals surface area contributed by atoms with Crippen molar-refractivity contribution in [1.29, 1.82) is 0 Å². The van der Waals surface area contributed by atoms with Gasteiger partial charge in [0.1, 0.15) is 5.75 Å². The van der Waals surface area contributed by atoms with Crippen molar-refractivity contribution in [3.8, 4) is 22.7 Å². The number of hydrogen-bond donors (Lipinski definition) is 1. The SMILES string of the molecule is COc1ccc(-n2[nH]c(-c3ccccc3)c(C(C)=Nc3ccc(Cl)cc3C)c2=O)cc1. The summed E-state index contributed by atoms with van der Waals surface area (Å²) in [6, 6.07) is 22.6. The molecular formula is C25H22ClN3O2. The summed E-state index contributed by atoms with van der Waals surface area (Å²) in [5.41, 5.74) is 5.03. The molecule has 0 fully saturated rings. The molecule has 6 heteroatoms. The topological polar surface area (TPSA) is 59.4 Å². The van der Waals surface area contributed by atoms with E-state index in [-0.39, 0.29) is 5.56 Å². The lowest BCUT2D eigenvalue weighted by Crippen LogP contribution is -2.19. The van der Waals surface area contributed by atoms with Gasteiger partial charge < -0.3 is 4.74 Å². The largest absolute Gasteiger partial charge is 0.497 e. The molecule has 5 nitrogen and oxygen atoms in total. The number of methoxy groups -OCH3 is 1. The number of halogens is 1. The standard InChI is InChI=1S/C25H22ClN3O2/c1-16-15-19(26)9-14-22(16)27-17(2)23-24(18-7-5-4-6-8-18)28-29(25(23)30)20-10-12-21(31-3)13-11-20/h4-15,28H,1-3H3. The number of nitrogens with zero attached hydrogens (tertiary/aromatic N) is 2. The molecule has 3 aromatic carbocycles. The molecule has 1 aromatic heterocycles. The zero-order valence-electron chi connectivity index (χ0n) is 17.5. The van der Waals surface area contributed by atoms with Crippen LogP contribution in [0.25, 0.3) is 16.9 Å². The van der Waals surface area contributed by atoms with Gasteiger partial charge in [0, 0.05) is 10.6 Å². The van der Waals surface area contributed by atoms with Crippen molar-refractivity contribution in [1.82, 2.24) is 9.78 Å². The van der Waals surface area contributed by atoms with Crippen molar-refractivity contribution in [2.24, 2.45) is 4.99 Å². The van der Waals surface area contributed by atoms with Crippen molar-refractivity contribution >= 4 is 23.0 Å². The fourth-order valence-electron chi connectivity index (χ4n) is 3.48. The first-order chi connectivity index (χ1) is 15.0. The lowest BCUT2D eigenvalue weighted by molar-refractivity contribution is 0.414. The molecule has 0 saturated carbocycles. The Balaban J connectivity index is 1.90. The number of benzene rings is 3. The van der Waals surface area contributed by atoms with E-state index in [2.05, 4.69) is 5.10 Å². The molecule has 0 aliphatic rings. The summed E-state index contributed by atoms with van der Waals surface area (Å²) >= 11 is 6.08. The Labute approximate surface area is 185 Å². The minimum absolute atomic E-state index is 0.170. The van der Waals surface area contributed by atoms with E-state index in [9.17, 15) is 4.79 Å². The van der Waals surface area contributed by atoms with E-state index in [0.717, 1.165) is 22.6 Å². The van der Waals surface area contributed by atoms with Gasteiger partial charge in [0.25, 0.3) is 5.56 Å². The molecule has 156 valence electrons. The van der Waals surface area contributed by atoms with Crippen molar-refractivity contribution in [3.05, 3.63) is 99.3 Å². The van der Waals surface area contributed by atoms with Crippen LogP contribution in [0.4, 0.5) is 5.69 Å². The number of aromatic amines is 1. The Kier molecular flexibility index (Phi) is 5.78. The third-order valence-corrected chi connectivity index (χ3v) is 5.33. The summed E-state index contributed by atoms with van der Waals surface area (Å²) in [6.45, 7) is 3.80. The van der Waals surface area contributed by atoms with Gasteiger partial charge in [0.2, 0.25) is 0 Å². The highest BCUT2D eigenvalue weighted by atomic mass is 35.5. The molecule has 0 aliphatic heterocycles. The Morgan fingerprint density at radius 3 is 2.39 bits per heavy atom. The van der Waals surface area contributed by atoms with E-state index in [4.69, 9.17) is 21.3 Å². The maximum absolute atomic E-state index is 13.5. The second-order valence-electron chi connectivity index (χ2n) is 7.19. The fraction of sp³-hybridized carbons (Fsp3) is 0.120. The molecule has 0 unspecified atom stereocenters. The molecule has 0 atom stereocenters. The Morgan fingerprint density at radius 2 is 1.74 bits per heavy atom. The van der Waals surface area contributed by atoms with Gasteiger partial charge in [0.15, 0.2) is 0 Å². The van der Waals surface area contributed by atoms with Crippen LogP contribution in [-0.4, -0.2) is 22.6 Å². The average Bonchev–Trinajstić information content (AvgIpc) is 3.13. The Bertz CT molecular complexity index is 1300. The van der Waals surface area contributed by atoms with Gasteiger partial charge in [-0.15, -0.1) is 0 Å². The number of aliphatic imine (C=N–C) groups is 1. The maximum Gasteiger partial charge on any atom is 0.280 e. The molecule has 0 spiro atoms. The third-order valence-electron chi connectivity index (χ3n) is 5.09. The molecule has 4 aromatic rings. The highest BCUT2D eigenvalue weighted by Crippen LogP contribution is 2.26. The molecule has 0 aliphatic carbocycles. The van der Waals surface area contributed by atoms with Crippen molar-refractivity contribution < 1.29 is 4.74 Å². The van der Waals surface area contributed by atoms with E-state index < -0.39 is 0 Å². The first-order valence-electron chi connectivity index (χ1n) is 9.84. The van der Waals surface area contributed by atoms with Crippen LogP contribution in [0.2, 0.25) is 5.02 Å². The lowest BCUT2D eigenvalue weighted by atomic mass is 10.1. The van der Waals surface area contributed by atoms with E-state index in [1.807, 2.05) is 80.6 Å². The van der Waals surface area contributed by atoms with Crippen molar-refractivity contribution in [2.75, 3.05) is 7.11 Å². The van der Waals surface area contributed by atoms with Crippen LogP contribution in [0.1, 0.15) is 18.1 Å². The summed E-state index contributed by atoms with van der Waals surface area (Å²) < 4.78 is 6.76. The predicted octanol–water partition coefficient (Wildman–Crippen LogP) is 5.94. The molecule has 1 N–H and O–H groups in total. The van der Waals surface area contributed by atoms with Crippen LogP contribution in [0, 0.1) is 6.92 Å². The van der Waals surface area contributed by atoms with Crippen LogP contribution < -0.4 is 10.3 Å². The molecule has 1 heterocycles. The van der Waals surface area contributed by atoms with Crippen molar-refractivity contribution in [3.63, 3.8) is 0 Å². The average molecular weight is 432 g/mol. The lowest BCUT2D eigenvalue weighted by Gasteiger charge is -2.05. The summed E-state index contributed by atoms with van der Waals surface area (Å²) in [5.74, 6) is 0.725. The van der Waals surface area contributed by atoms with E-state index >= 15 is 0 Å². The predicted molar refractivity (Wildman–Crippen MR) is 126 cm³/mol. The maximum atomic E-state index is 13.5. The number of ether oxygens (including phenoxy) is 1. The summed E-state index contributed by atoms with van der Waals surface area (Å²) in [4.78, 5) is 18.2. The van der Waals surface area contributed by atoms with Gasteiger partial charge in [-0.2, -0.15) is 0 Å². The third kappa shape index (κ3) is 4.18. The Hall–Kier alpha value is -3.57. The van der Waals surface area contributed by atoms with Crippen LogP contribution in [-0.2, 0) is 0 Å². The second kappa shape index (κ2) is 8.66. The van der Waals surface area contributed by atoms with Gasteiger partial charge in [0.05, 0.1) is 35.5 Å². The first-order valence-corrected chi connectivity index (χ1v) is 10.2. The minimum atomic E-state index is -0.170. The van der Waals surface area contributed by atoms with E-state index in [0.29, 0.717) is 27.7 Å². The highest BCUT2D eigenvalue weighted by molar-refractivity contribution is 6.30. The molecule has 4 rings (SSSR count). The number of hydrogen-bond acceptors (Lipinski definition) is 3. The molecule has 31 heavy (non-hydrogen) atoms. The second-order valence-corrected chi connectivity index (χ2v) is 7.63. The number of nitrogens with one attached hydrogen (secondary N) is 1. The summed E-state index contributed by atoms with van der Waals surface area (Å²) in [6.07, 6.45) is 0. The van der Waals surface area contributed by atoms with E-state index in [1.54, 1.807) is 13.2 Å².